The first kappa shape index (κ1) is 18.3. The summed E-state index contributed by atoms with van der Waals surface area (Å²) >= 11 is 0. The maximum Gasteiger partial charge on any atom is 0.355 e. The van der Waals surface area contributed by atoms with Gasteiger partial charge in [0.2, 0.25) is 5.91 Å². The Morgan fingerprint density at radius 2 is 1.96 bits per heavy atom. The lowest BCUT2D eigenvalue weighted by Crippen LogP contribution is -2.43. The predicted octanol–water partition coefficient (Wildman–Crippen LogP) is 0.112. The lowest BCUT2D eigenvalue weighted by Gasteiger charge is -2.16. The standard InChI is InChI=1S/C17H19N3O5/c1-11(21)14(9-12-5-3-2-4-6-12)18-16(23)10-25-17(24)13-7-8-15(22)20-19-13/h2-6,14H,7-10H2,1H3,(H,18,23)(H,20,22)/t14-/m0/s1. The average molecular weight is 345 g/mol. The van der Waals surface area contributed by atoms with E-state index in [-0.39, 0.29) is 30.2 Å². The van der Waals surface area contributed by atoms with Crippen molar-refractivity contribution < 1.29 is 23.9 Å². The Kier molecular flexibility index (Phi) is 6.39. The average Bonchev–Trinajstić information content (AvgIpc) is 2.60. The van der Waals surface area contributed by atoms with Crippen molar-refractivity contribution in [2.45, 2.75) is 32.2 Å². The molecule has 0 spiro atoms. The highest BCUT2D eigenvalue weighted by Crippen LogP contribution is 2.05. The smallest absolute Gasteiger partial charge is 0.355 e. The molecule has 2 amide bonds. The summed E-state index contributed by atoms with van der Waals surface area (Å²) in [7, 11) is 0. The van der Waals surface area contributed by atoms with Gasteiger partial charge in [0.25, 0.3) is 5.91 Å². The second-order valence-corrected chi connectivity index (χ2v) is 5.59. The van der Waals surface area contributed by atoms with Gasteiger partial charge in [0.15, 0.2) is 12.4 Å². The summed E-state index contributed by atoms with van der Waals surface area (Å²) in [6.45, 7) is 0.865. The predicted molar refractivity (Wildman–Crippen MR) is 88.5 cm³/mol. The van der Waals surface area contributed by atoms with Crippen LogP contribution in [-0.4, -0.2) is 41.9 Å². The number of rotatable bonds is 7. The van der Waals surface area contributed by atoms with Crippen LogP contribution in [-0.2, 0) is 30.3 Å². The summed E-state index contributed by atoms with van der Waals surface area (Å²) in [5.41, 5.74) is 3.14. The van der Waals surface area contributed by atoms with Crippen molar-refractivity contribution in [1.82, 2.24) is 10.7 Å². The van der Waals surface area contributed by atoms with Gasteiger partial charge >= 0.3 is 5.97 Å². The van der Waals surface area contributed by atoms with Crippen LogP contribution in [0, 0.1) is 0 Å². The summed E-state index contributed by atoms with van der Waals surface area (Å²) in [5, 5.41) is 6.15. The maximum atomic E-state index is 11.9. The number of ketones is 1. The van der Waals surface area contributed by atoms with Gasteiger partial charge in [-0.25, -0.2) is 10.2 Å². The fourth-order valence-corrected chi connectivity index (χ4v) is 2.22. The first-order valence-corrected chi connectivity index (χ1v) is 7.82. The first-order chi connectivity index (χ1) is 12.0. The van der Waals surface area contributed by atoms with Crippen molar-refractivity contribution in [3.63, 3.8) is 0 Å². The molecule has 1 aliphatic rings. The van der Waals surface area contributed by atoms with Crippen LogP contribution in [0.4, 0.5) is 0 Å². The van der Waals surface area contributed by atoms with Gasteiger partial charge < -0.3 is 10.1 Å². The molecule has 1 aromatic carbocycles. The highest BCUT2D eigenvalue weighted by molar-refractivity contribution is 6.37. The van der Waals surface area contributed by atoms with Crippen LogP contribution in [0.3, 0.4) is 0 Å². The second-order valence-electron chi connectivity index (χ2n) is 5.59. The minimum Gasteiger partial charge on any atom is -0.451 e. The van der Waals surface area contributed by atoms with Gasteiger partial charge in [-0.2, -0.15) is 5.10 Å². The molecule has 8 nitrogen and oxygen atoms in total. The Labute approximate surface area is 144 Å². The van der Waals surface area contributed by atoms with E-state index in [0.717, 1.165) is 5.56 Å². The maximum absolute atomic E-state index is 11.9. The van der Waals surface area contributed by atoms with E-state index in [1.807, 2.05) is 30.3 Å². The van der Waals surface area contributed by atoms with Crippen molar-refractivity contribution >= 4 is 29.3 Å². The van der Waals surface area contributed by atoms with E-state index in [1.165, 1.54) is 6.92 Å². The lowest BCUT2D eigenvalue weighted by molar-refractivity contribution is -0.143. The van der Waals surface area contributed by atoms with Gasteiger partial charge in [0.1, 0.15) is 5.71 Å². The van der Waals surface area contributed by atoms with Crippen molar-refractivity contribution in [1.29, 1.82) is 0 Å². The topological polar surface area (TPSA) is 114 Å². The molecule has 0 saturated heterocycles. The van der Waals surface area contributed by atoms with E-state index < -0.39 is 24.5 Å². The Bertz CT molecular complexity index is 699. The molecular formula is C17H19N3O5. The van der Waals surface area contributed by atoms with Gasteiger partial charge in [0, 0.05) is 12.8 Å². The Hall–Kier alpha value is -3.03. The highest BCUT2D eigenvalue weighted by Gasteiger charge is 2.22. The van der Waals surface area contributed by atoms with Crippen LogP contribution in [0.15, 0.2) is 35.4 Å². The second kappa shape index (κ2) is 8.72. The van der Waals surface area contributed by atoms with Gasteiger partial charge in [-0.3, -0.25) is 14.4 Å². The van der Waals surface area contributed by atoms with Crippen LogP contribution in [0.5, 0.6) is 0 Å². The zero-order valence-electron chi connectivity index (χ0n) is 13.8. The molecule has 0 aromatic heterocycles. The number of carbonyl (C=O) groups is 4. The third-order valence-corrected chi connectivity index (χ3v) is 3.58. The quantitative estimate of drug-likeness (QED) is 0.681. The van der Waals surface area contributed by atoms with Gasteiger partial charge in [-0.15, -0.1) is 0 Å². The van der Waals surface area contributed by atoms with E-state index in [0.29, 0.717) is 6.42 Å². The first-order valence-electron chi connectivity index (χ1n) is 7.82. The summed E-state index contributed by atoms with van der Waals surface area (Å²) in [4.78, 5) is 46.4. The number of hydrogen-bond donors (Lipinski definition) is 2. The number of esters is 1. The molecule has 2 N–H and O–H groups in total. The van der Waals surface area contributed by atoms with Crippen molar-refractivity contribution in [2.75, 3.05) is 6.61 Å². The molecule has 25 heavy (non-hydrogen) atoms. The fraction of sp³-hybridized carbons (Fsp3) is 0.353. The molecule has 0 radical (unpaired) electrons. The molecule has 1 aromatic rings. The molecule has 1 aliphatic heterocycles. The van der Waals surface area contributed by atoms with E-state index in [1.54, 1.807) is 0 Å². The van der Waals surface area contributed by atoms with Crippen LogP contribution in [0.1, 0.15) is 25.3 Å². The van der Waals surface area contributed by atoms with E-state index in [2.05, 4.69) is 15.8 Å². The molecule has 0 unspecified atom stereocenters. The van der Waals surface area contributed by atoms with Crippen LogP contribution in [0.2, 0.25) is 0 Å². The SMILES string of the molecule is CC(=O)[C@H](Cc1ccccc1)NC(=O)COC(=O)C1=NNC(=O)CC1. The van der Waals surface area contributed by atoms with Crippen molar-refractivity contribution in [3.05, 3.63) is 35.9 Å². The summed E-state index contributed by atoms with van der Waals surface area (Å²) in [6.07, 6.45) is 0.661. The molecule has 2 rings (SSSR count). The normalized spacial score (nSPS) is 14.8. The van der Waals surface area contributed by atoms with Crippen LogP contribution in [0.25, 0.3) is 0 Å². The van der Waals surface area contributed by atoms with Crippen molar-refractivity contribution in [3.8, 4) is 0 Å². The molecule has 0 bridgehead atoms. The molecule has 132 valence electrons. The number of benzene rings is 1. The zero-order chi connectivity index (χ0) is 18.2. The summed E-state index contributed by atoms with van der Waals surface area (Å²) in [6, 6.07) is 8.58. The molecule has 0 fully saturated rings. The molecule has 1 atom stereocenters. The Morgan fingerprint density at radius 1 is 1.24 bits per heavy atom. The number of hydrazone groups is 1. The lowest BCUT2D eigenvalue weighted by atomic mass is 10.0. The number of ether oxygens (including phenoxy) is 1. The number of nitrogens with zero attached hydrogens (tertiary/aromatic N) is 1. The fourth-order valence-electron chi connectivity index (χ4n) is 2.22. The number of hydrogen-bond acceptors (Lipinski definition) is 6. The molecule has 0 aliphatic carbocycles. The monoisotopic (exact) mass is 345 g/mol. The zero-order valence-corrected chi connectivity index (χ0v) is 13.8. The van der Waals surface area contributed by atoms with Gasteiger partial charge in [-0.05, 0) is 18.9 Å². The van der Waals surface area contributed by atoms with Crippen LogP contribution >= 0.6 is 0 Å². The number of nitrogens with one attached hydrogen (secondary N) is 2. The van der Waals surface area contributed by atoms with Crippen LogP contribution < -0.4 is 10.7 Å². The third kappa shape index (κ3) is 5.83. The van der Waals surface area contributed by atoms with Crippen molar-refractivity contribution in [2.24, 2.45) is 5.10 Å². The van der Waals surface area contributed by atoms with E-state index in [4.69, 9.17) is 4.74 Å². The summed E-state index contributed by atoms with van der Waals surface area (Å²) < 4.78 is 4.87. The number of Topliss-reactive ketones (excluding diaryl/α,β-unsaturated/α-hetero) is 1. The van der Waals surface area contributed by atoms with Gasteiger partial charge in [0.05, 0.1) is 6.04 Å². The molecule has 8 heteroatoms. The third-order valence-electron chi connectivity index (χ3n) is 3.58. The largest absolute Gasteiger partial charge is 0.451 e. The van der Waals surface area contributed by atoms with E-state index >= 15 is 0 Å². The highest BCUT2D eigenvalue weighted by atomic mass is 16.5. The molecule has 1 heterocycles. The molecular weight excluding hydrogens is 326 g/mol. The minimum absolute atomic E-state index is 0.0554. The molecule has 0 saturated carbocycles. The Balaban J connectivity index is 1.84. The number of amides is 2. The number of carbonyl (C=O) groups excluding carboxylic acids is 4. The summed E-state index contributed by atoms with van der Waals surface area (Å²) in [5.74, 6) is -1.81. The minimum atomic E-state index is -0.766. The van der Waals surface area contributed by atoms with E-state index in [9.17, 15) is 19.2 Å². The van der Waals surface area contributed by atoms with Gasteiger partial charge in [-0.1, -0.05) is 30.3 Å². The Morgan fingerprint density at radius 3 is 2.56 bits per heavy atom.